The predicted octanol–water partition coefficient (Wildman–Crippen LogP) is 5.64. The zero-order valence-electron chi connectivity index (χ0n) is 29.2. The number of allylic oxidation sites excluding steroid dienone is 1. The third-order valence-corrected chi connectivity index (χ3v) is 9.59. The largest absolute Gasteiger partial charge is 0.490 e. The number of carbonyl (C=O) groups is 2. The minimum Gasteiger partial charge on any atom is -0.490 e. The molecule has 0 spiro atoms. The lowest BCUT2D eigenvalue weighted by molar-refractivity contribution is -0.143. The number of fused-ring (bicyclic) bond motifs is 1. The molecule has 0 amide bonds. The van der Waals surface area contributed by atoms with E-state index in [9.17, 15) is 14.4 Å². The number of aryl methyl sites for hydroxylation is 1. The van der Waals surface area contributed by atoms with Crippen molar-refractivity contribution in [1.82, 2.24) is 4.57 Å². The molecule has 5 rings (SSSR count). The number of carbonyl (C=O) groups excluding carboxylic acids is 2. The summed E-state index contributed by atoms with van der Waals surface area (Å²) in [6, 6.07) is 16.1. The molecule has 1 aliphatic heterocycles. The Bertz CT molecular complexity index is 2140. The number of benzene rings is 3. The van der Waals surface area contributed by atoms with Crippen molar-refractivity contribution in [3.8, 4) is 23.0 Å². The maximum Gasteiger partial charge on any atom is 0.343 e. The lowest BCUT2D eigenvalue weighted by Gasteiger charge is -2.25. The zero-order chi connectivity index (χ0) is 36.7. The van der Waals surface area contributed by atoms with Gasteiger partial charge in [-0.2, -0.15) is 0 Å². The molecule has 0 radical (unpaired) electrons. The standard InChI is InChI=1S/C38H39IN2O9S/c1-7-46-29-19-26(14-15-28(29)49-21-32(42)45-6)34-33(37(44)48-9-3)23(5)40-38-41(34)36(43)31(51-38)18-25-16-27(39)35(30(17-25)47-8-2)50-20-24-12-10-22(4)11-13-24/h10-19,34H,7-9,20-21H2,1-6H3/b31-18-/t34-/m0/s1. The van der Waals surface area contributed by atoms with Crippen LogP contribution >= 0.6 is 33.9 Å². The van der Waals surface area contributed by atoms with Crippen molar-refractivity contribution in [3.05, 3.63) is 111 Å². The Morgan fingerprint density at radius 1 is 0.902 bits per heavy atom. The van der Waals surface area contributed by atoms with Crippen LogP contribution in [0, 0.1) is 10.5 Å². The minimum atomic E-state index is -0.881. The lowest BCUT2D eigenvalue weighted by atomic mass is 9.95. The van der Waals surface area contributed by atoms with Gasteiger partial charge in [0.25, 0.3) is 5.56 Å². The van der Waals surface area contributed by atoms with Gasteiger partial charge in [0.2, 0.25) is 0 Å². The first-order valence-corrected chi connectivity index (χ1v) is 18.3. The molecule has 1 aliphatic rings. The second-order valence-corrected chi connectivity index (χ2v) is 13.5. The summed E-state index contributed by atoms with van der Waals surface area (Å²) in [5.74, 6) is 0.690. The van der Waals surface area contributed by atoms with Gasteiger partial charge in [-0.3, -0.25) is 9.36 Å². The number of aromatic nitrogens is 1. The highest BCUT2D eigenvalue weighted by atomic mass is 127. The van der Waals surface area contributed by atoms with Crippen LogP contribution in [-0.2, 0) is 25.7 Å². The topological polar surface area (TPSA) is 124 Å². The first kappa shape index (κ1) is 37.6. The van der Waals surface area contributed by atoms with Gasteiger partial charge in [0.1, 0.15) is 6.61 Å². The summed E-state index contributed by atoms with van der Waals surface area (Å²) >= 11 is 3.43. The average Bonchev–Trinajstić information content (AvgIpc) is 3.41. The first-order valence-electron chi connectivity index (χ1n) is 16.4. The normalized spacial score (nSPS) is 14.0. The zero-order valence-corrected chi connectivity index (χ0v) is 32.2. The molecular weight excluding hydrogens is 787 g/mol. The smallest absolute Gasteiger partial charge is 0.343 e. The first-order chi connectivity index (χ1) is 24.6. The van der Waals surface area contributed by atoms with Gasteiger partial charge in [0.15, 0.2) is 34.4 Å². The summed E-state index contributed by atoms with van der Waals surface area (Å²) in [5.41, 5.74) is 3.83. The summed E-state index contributed by atoms with van der Waals surface area (Å²) in [6.07, 6.45) is 1.79. The minimum absolute atomic E-state index is 0.142. The Hall–Kier alpha value is -4.63. The van der Waals surface area contributed by atoms with Crippen LogP contribution < -0.4 is 33.8 Å². The molecule has 0 unspecified atom stereocenters. The Kier molecular flexibility index (Phi) is 12.6. The van der Waals surface area contributed by atoms with E-state index in [0.717, 1.165) is 14.7 Å². The molecule has 0 bridgehead atoms. The number of nitrogens with zero attached hydrogens (tertiary/aromatic N) is 2. The molecule has 0 aliphatic carbocycles. The summed E-state index contributed by atoms with van der Waals surface area (Å²) in [5, 5.41) is 0. The van der Waals surface area contributed by atoms with E-state index in [0.29, 0.717) is 63.4 Å². The third-order valence-electron chi connectivity index (χ3n) is 7.81. The van der Waals surface area contributed by atoms with Crippen LogP contribution in [0.3, 0.4) is 0 Å². The number of hydrogen-bond donors (Lipinski definition) is 0. The fourth-order valence-electron chi connectivity index (χ4n) is 5.45. The van der Waals surface area contributed by atoms with E-state index < -0.39 is 18.0 Å². The summed E-state index contributed by atoms with van der Waals surface area (Å²) in [7, 11) is 1.27. The molecule has 51 heavy (non-hydrogen) atoms. The molecule has 0 fully saturated rings. The molecule has 0 saturated heterocycles. The number of hydrogen-bond acceptors (Lipinski definition) is 11. The van der Waals surface area contributed by atoms with E-state index >= 15 is 0 Å². The number of rotatable bonds is 14. The maximum absolute atomic E-state index is 14.3. The third kappa shape index (κ3) is 8.64. The molecule has 0 N–H and O–H groups in total. The Morgan fingerprint density at radius 2 is 1.63 bits per heavy atom. The van der Waals surface area contributed by atoms with Gasteiger partial charge < -0.3 is 28.4 Å². The molecule has 13 heteroatoms. The number of halogens is 1. The van der Waals surface area contributed by atoms with Gasteiger partial charge in [-0.1, -0.05) is 47.2 Å². The van der Waals surface area contributed by atoms with Crippen molar-refractivity contribution in [2.24, 2.45) is 4.99 Å². The van der Waals surface area contributed by atoms with Crippen molar-refractivity contribution in [1.29, 1.82) is 0 Å². The van der Waals surface area contributed by atoms with Gasteiger partial charge in [-0.25, -0.2) is 14.6 Å². The van der Waals surface area contributed by atoms with E-state index in [4.69, 9.17) is 28.4 Å². The second-order valence-electron chi connectivity index (χ2n) is 11.3. The number of methoxy groups -OCH3 is 1. The number of thiazole rings is 1. The molecule has 4 aromatic rings. The highest BCUT2D eigenvalue weighted by Gasteiger charge is 2.34. The summed E-state index contributed by atoms with van der Waals surface area (Å²) in [6.45, 7) is 10.1. The van der Waals surface area contributed by atoms with Gasteiger partial charge in [-0.05, 0) is 104 Å². The van der Waals surface area contributed by atoms with E-state index in [1.165, 1.54) is 28.6 Å². The fraction of sp³-hybridized carbons (Fsp3) is 0.316. The van der Waals surface area contributed by atoms with Crippen LogP contribution in [-0.4, -0.2) is 50.0 Å². The maximum atomic E-state index is 14.3. The van der Waals surface area contributed by atoms with Crippen molar-refractivity contribution >= 4 is 51.9 Å². The van der Waals surface area contributed by atoms with Crippen LogP contribution in [0.5, 0.6) is 23.0 Å². The predicted molar refractivity (Wildman–Crippen MR) is 201 cm³/mol. The second kappa shape index (κ2) is 17.1. The Morgan fingerprint density at radius 3 is 2.31 bits per heavy atom. The summed E-state index contributed by atoms with van der Waals surface area (Å²) < 4.78 is 36.6. The van der Waals surface area contributed by atoms with Gasteiger partial charge in [0, 0.05) is 0 Å². The lowest BCUT2D eigenvalue weighted by Crippen LogP contribution is -2.40. The molecule has 1 aromatic heterocycles. The Labute approximate surface area is 313 Å². The molecular formula is C38H39IN2O9S. The van der Waals surface area contributed by atoms with Crippen molar-refractivity contribution < 1.29 is 38.0 Å². The van der Waals surface area contributed by atoms with E-state index in [1.807, 2.05) is 57.2 Å². The molecule has 268 valence electrons. The quantitative estimate of drug-likeness (QED) is 0.118. The van der Waals surface area contributed by atoms with Crippen LogP contribution in [0.2, 0.25) is 0 Å². The van der Waals surface area contributed by atoms with Gasteiger partial charge in [-0.15, -0.1) is 0 Å². The van der Waals surface area contributed by atoms with Crippen LogP contribution in [0.4, 0.5) is 0 Å². The van der Waals surface area contributed by atoms with E-state index in [-0.39, 0.29) is 24.3 Å². The highest BCUT2D eigenvalue weighted by molar-refractivity contribution is 14.1. The number of ether oxygens (including phenoxy) is 6. The molecule has 1 atom stereocenters. The molecule has 0 saturated carbocycles. The van der Waals surface area contributed by atoms with Crippen molar-refractivity contribution in [2.75, 3.05) is 33.5 Å². The highest BCUT2D eigenvalue weighted by Crippen LogP contribution is 2.37. The van der Waals surface area contributed by atoms with Crippen LogP contribution in [0.1, 0.15) is 56.0 Å². The van der Waals surface area contributed by atoms with E-state index in [1.54, 1.807) is 38.1 Å². The molecule has 11 nitrogen and oxygen atoms in total. The fourth-order valence-corrected chi connectivity index (χ4v) is 7.28. The average molecular weight is 827 g/mol. The van der Waals surface area contributed by atoms with Crippen molar-refractivity contribution in [3.63, 3.8) is 0 Å². The number of esters is 2. The SMILES string of the molecule is CCOC(=O)C1=C(C)N=c2s/c(=C\c3cc(I)c(OCc4ccc(C)cc4)c(OCC)c3)c(=O)n2[C@H]1c1ccc(OCC(=O)OC)c(OCC)c1. The molecule has 2 heterocycles. The van der Waals surface area contributed by atoms with Gasteiger partial charge >= 0.3 is 11.9 Å². The van der Waals surface area contributed by atoms with Crippen molar-refractivity contribution in [2.45, 2.75) is 47.3 Å². The Balaban J connectivity index is 1.59. The molecule has 3 aromatic carbocycles. The van der Waals surface area contributed by atoms with Crippen LogP contribution in [0.25, 0.3) is 6.08 Å². The van der Waals surface area contributed by atoms with Crippen LogP contribution in [0.15, 0.2) is 75.7 Å². The monoisotopic (exact) mass is 826 g/mol. The van der Waals surface area contributed by atoms with Gasteiger partial charge in [0.05, 0.1) is 52.3 Å². The van der Waals surface area contributed by atoms with E-state index in [2.05, 4.69) is 27.6 Å². The summed E-state index contributed by atoms with van der Waals surface area (Å²) in [4.78, 5) is 44.6.